The molecule has 1 aliphatic rings. The van der Waals surface area contributed by atoms with Gasteiger partial charge >= 0.3 is 0 Å². The molecule has 5 nitrogen and oxygen atoms in total. The molecule has 3 N–H and O–H groups in total. The van der Waals surface area contributed by atoms with Crippen molar-refractivity contribution in [1.29, 1.82) is 0 Å². The Bertz CT molecular complexity index is 356. The van der Waals surface area contributed by atoms with Gasteiger partial charge in [-0.15, -0.1) is 0 Å². The number of hydrogen-bond donors (Lipinski definition) is 2. The zero-order valence-electron chi connectivity index (χ0n) is 9.64. The third-order valence-electron chi connectivity index (χ3n) is 2.78. The first kappa shape index (κ1) is 13.8. The van der Waals surface area contributed by atoms with Gasteiger partial charge in [0.05, 0.1) is 4.99 Å². The molecule has 0 amide bonds. The maximum Gasteiger partial charge on any atom is 0.221 e. The molecule has 2 unspecified atom stereocenters. The van der Waals surface area contributed by atoms with Gasteiger partial charge in [-0.2, -0.15) is 0 Å². The molecular formula is C9H19N3O2S2. The molecule has 16 heavy (non-hydrogen) atoms. The number of rotatable bonds is 5. The summed E-state index contributed by atoms with van der Waals surface area (Å²) in [5, 5.41) is -0.756. The molecule has 94 valence electrons. The second-order valence-electron chi connectivity index (χ2n) is 4.21. The molecule has 0 aliphatic carbocycles. The van der Waals surface area contributed by atoms with Gasteiger partial charge in [-0.05, 0) is 26.4 Å². The van der Waals surface area contributed by atoms with Gasteiger partial charge in [-0.1, -0.05) is 19.1 Å². The fraction of sp³-hybridized carbons (Fsp3) is 0.889. The van der Waals surface area contributed by atoms with Crippen molar-refractivity contribution in [3.05, 3.63) is 0 Å². The molecule has 1 fully saturated rings. The number of nitrogens with zero attached hydrogens (tertiary/aromatic N) is 1. The molecule has 1 rings (SSSR count). The fourth-order valence-corrected chi connectivity index (χ4v) is 4.03. The third kappa shape index (κ3) is 3.38. The lowest BCUT2D eigenvalue weighted by Crippen LogP contribution is -2.46. The summed E-state index contributed by atoms with van der Waals surface area (Å²) in [6.07, 6.45) is 1.25. The monoisotopic (exact) mass is 265 g/mol. The van der Waals surface area contributed by atoms with Crippen LogP contribution in [0, 0.1) is 0 Å². The Kier molecular flexibility index (Phi) is 4.66. The summed E-state index contributed by atoms with van der Waals surface area (Å²) in [7, 11) is -1.45. The van der Waals surface area contributed by atoms with Crippen LogP contribution in [0.25, 0.3) is 0 Å². The lowest BCUT2D eigenvalue weighted by molar-refractivity contribution is 0.407. The summed E-state index contributed by atoms with van der Waals surface area (Å²) in [6.45, 7) is 3.42. The molecule has 1 heterocycles. The van der Waals surface area contributed by atoms with E-state index in [1.807, 2.05) is 7.05 Å². The third-order valence-corrected chi connectivity index (χ3v) is 5.22. The number of nitrogens with two attached hydrogens (primary N) is 1. The van der Waals surface area contributed by atoms with Crippen LogP contribution in [0.15, 0.2) is 0 Å². The average molecular weight is 265 g/mol. The van der Waals surface area contributed by atoms with Gasteiger partial charge in [-0.3, -0.25) is 0 Å². The van der Waals surface area contributed by atoms with Crippen LogP contribution >= 0.6 is 12.2 Å². The highest BCUT2D eigenvalue weighted by atomic mass is 32.2. The molecule has 0 aromatic heterocycles. The smallest absolute Gasteiger partial charge is 0.221 e. The summed E-state index contributed by atoms with van der Waals surface area (Å²) < 4.78 is 26.6. The molecule has 0 saturated carbocycles. The van der Waals surface area contributed by atoms with Crippen molar-refractivity contribution in [2.75, 3.05) is 20.1 Å². The molecule has 0 radical (unpaired) electrons. The van der Waals surface area contributed by atoms with Crippen LogP contribution in [0.1, 0.15) is 19.8 Å². The normalized spacial score (nSPS) is 24.5. The Labute approximate surface area is 102 Å². The number of hydrogen-bond acceptors (Lipinski definition) is 4. The second kappa shape index (κ2) is 5.39. The van der Waals surface area contributed by atoms with Gasteiger partial charge in [0.1, 0.15) is 5.25 Å². The van der Waals surface area contributed by atoms with Crippen molar-refractivity contribution in [2.45, 2.75) is 31.1 Å². The lowest BCUT2D eigenvalue weighted by atomic mass is 10.3. The summed E-state index contributed by atoms with van der Waals surface area (Å²) >= 11 is 4.78. The van der Waals surface area contributed by atoms with Crippen LogP contribution < -0.4 is 10.5 Å². The summed E-state index contributed by atoms with van der Waals surface area (Å²) in [4.78, 5) is 2.14. The Hall–Kier alpha value is -0.240. The minimum atomic E-state index is -3.42. The van der Waals surface area contributed by atoms with Crippen molar-refractivity contribution < 1.29 is 8.42 Å². The highest BCUT2D eigenvalue weighted by molar-refractivity contribution is 7.93. The Morgan fingerprint density at radius 3 is 2.69 bits per heavy atom. The van der Waals surface area contributed by atoms with E-state index in [0.29, 0.717) is 6.42 Å². The summed E-state index contributed by atoms with van der Waals surface area (Å²) in [5.41, 5.74) is 5.44. The van der Waals surface area contributed by atoms with E-state index in [0.717, 1.165) is 19.5 Å². The number of sulfonamides is 1. The Morgan fingerprint density at radius 1 is 1.69 bits per heavy atom. The van der Waals surface area contributed by atoms with E-state index in [-0.39, 0.29) is 11.0 Å². The van der Waals surface area contributed by atoms with Gasteiger partial charge in [0.2, 0.25) is 10.0 Å². The van der Waals surface area contributed by atoms with Crippen LogP contribution in [0.2, 0.25) is 0 Å². The molecule has 1 saturated heterocycles. The highest BCUT2D eigenvalue weighted by Gasteiger charge is 2.31. The number of likely N-dealkylation sites (N-methyl/N-ethyl adjacent to an activating group) is 1. The largest absolute Gasteiger partial charge is 0.392 e. The number of likely N-dealkylation sites (tertiary alicyclic amines) is 1. The van der Waals surface area contributed by atoms with E-state index in [9.17, 15) is 8.42 Å². The quantitative estimate of drug-likeness (QED) is 0.666. The molecule has 0 aromatic carbocycles. The van der Waals surface area contributed by atoms with Gasteiger partial charge in [0.15, 0.2) is 0 Å². The minimum absolute atomic E-state index is 0.0154. The van der Waals surface area contributed by atoms with E-state index in [1.165, 1.54) is 0 Å². The number of nitrogens with one attached hydrogen (secondary N) is 1. The molecular weight excluding hydrogens is 246 g/mol. The van der Waals surface area contributed by atoms with E-state index in [2.05, 4.69) is 9.62 Å². The summed E-state index contributed by atoms with van der Waals surface area (Å²) in [6, 6.07) is -0.0154. The SMILES string of the molecule is CCC(C(N)=S)S(=O)(=O)NC1CCN(C)C1. The first-order valence-electron chi connectivity index (χ1n) is 5.35. The number of thiocarbonyl (C=S) groups is 1. The van der Waals surface area contributed by atoms with Crippen molar-refractivity contribution >= 4 is 27.2 Å². The first-order valence-corrected chi connectivity index (χ1v) is 7.31. The maximum atomic E-state index is 12.0. The van der Waals surface area contributed by atoms with E-state index in [1.54, 1.807) is 6.92 Å². The van der Waals surface area contributed by atoms with Crippen LogP contribution in [0.5, 0.6) is 0 Å². The maximum absolute atomic E-state index is 12.0. The molecule has 7 heteroatoms. The highest BCUT2D eigenvalue weighted by Crippen LogP contribution is 2.11. The average Bonchev–Trinajstić information content (AvgIpc) is 2.49. The van der Waals surface area contributed by atoms with Gasteiger partial charge in [0.25, 0.3) is 0 Å². The van der Waals surface area contributed by atoms with Crippen LogP contribution in [-0.4, -0.2) is 49.7 Å². The standard InChI is InChI=1S/C9H19N3O2S2/c1-3-8(9(10)15)16(13,14)11-7-4-5-12(2)6-7/h7-8,11H,3-6H2,1-2H3,(H2,10,15). The van der Waals surface area contributed by atoms with Crippen LogP contribution in [0.4, 0.5) is 0 Å². The molecule has 2 atom stereocenters. The predicted octanol–water partition coefficient (Wildman–Crippen LogP) is -0.325. The van der Waals surface area contributed by atoms with Crippen LogP contribution in [-0.2, 0) is 10.0 Å². The van der Waals surface area contributed by atoms with Crippen molar-refractivity contribution in [3.63, 3.8) is 0 Å². The van der Waals surface area contributed by atoms with E-state index in [4.69, 9.17) is 18.0 Å². The Morgan fingerprint density at radius 2 is 2.31 bits per heavy atom. The Balaban J connectivity index is 2.67. The van der Waals surface area contributed by atoms with Gasteiger partial charge in [0, 0.05) is 12.6 Å². The van der Waals surface area contributed by atoms with E-state index >= 15 is 0 Å². The van der Waals surface area contributed by atoms with Crippen LogP contribution in [0.3, 0.4) is 0 Å². The predicted molar refractivity (Wildman–Crippen MR) is 68.8 cm³/mol. The lowest BCUT2D eigenvalue weighted by Gasteiger charge is -2.18. The minimum Gasteiger partial charge on any atom is -0.392 e. The summed E-state index contributed by atoms with van der Waals surface area (Å²) in [5.74, 6) is 0. The molecule has 1 aliphatic heterocycles. The topological polar surface area (TPSA) is 75.4 Å². The van der Waals surface area contributed by atoms with E-state index < -0.39 is 15.3 Å². The molecule has 0 bridgehead atoms. The van der Waals surface area contributed by atoms with Crippen molar-refractivity contribution in [2.24, 2.45) is 5.73 Å². The first-order chi connectivity index (χ1) is 7.36. The zero-order valence-corrected chi connectivity index (χ0v) is 11.3. The zero-order chi connectivity index (χ0) is 12.3. The van der Waals surface area contributed by atoms with Crippen molar-refractivity contribution in [1.82, 2.24) is 9.62 Å². The van der Waals surface area contributed by atoms with Crippen molar-refractivity contribution in [3.8, 4) is 0 Å². The molecule has 0 aromatic rings. The molecule has 0 spiro atoms. The second-order valence-corrected chi connectivity index (χ2v) is 6.58. The fourth-order valence-electron chi connectivity index (χ4n) is 1.92. The van der Waals surface area contributed by atoms with Gasteiger partial charge < -0.3 is 10.6 Å². The van der Waals surface area contributed by atoms with Gasteiger partial charge in [-0.25, -0.2) is 13.1 Å².